The number of amides is 2. The van der Waals surface area contributed by atoms with Crippen LogP contribution in [0.15, 0.2) is 42.5 Å². The van der Waals surface area contributed by atoms with Gasteiger partial charge < -0.3 is 15.4 Å². The molecule has 2 N–H and O–H groups in total. The fraction of sp³-hybridized carbons (Fsp3) is 0.235. The molecule has 120 valence electrons. The molecule has 0 bridgehead atoms. The third-order valence-electron chi connectivity index (χ3n) is 3.92. The molecule has 0 aromatic heterocycles. The van der Waals surface area contributed by atoms with Crippen molar-refractivity contribution in [1.29, 1.82) is 0 Å². The maximum absolute atomic E-state index is 12.3. The number of halogens is 2. The number of ether oxygens (including phenoxy) is 1. The van der Waals surface area contributed by atoms with E-state index in [-0.39, 0.29) is 11.6 Å². The predicted octanol–water partition coefficient (Wildman–Crippen LogP) is 4.81. The number of carbonyl (C=O) groups excluding carboxylic acids is 1. The average molecular weight is 351 g/mol. The Morgan fingerprint density at radius 1 is 1.13 bits per heavy atom. The number of rotatable bonds is 4. The highest BCUT2D eigenvalue weighted by molar-refractivity contribution is 6.36. The fourth-order valence-corrected chi connectivity index (χ4v) is 2.94. The van der Waals surface area contributed by atoms with Gasteiger partial charge in [0.15, 0.2) is 0 Å². The van der Waals surface area contributed by atoms with Crippen LogP contribution in [-0.2, 0) is 5.54 Å². The summed E-state index contributed by atoms with van der Waals surface area (Å²) in [5.41, 5.74) is 1.28. The van der Waals surface area contributed by atoms with E-state index in [1.54, 1.807) is 25.3 Å². The van der Waals surface area contributed by atoms with Gasteiger partial charge in [-0.05, 0) is 48.7 Å². The van der Waals surface area contributed by atoms with E-state index in [1.807, 2.05) is 24.3 Å². The molecular formula is C17H16Cl2N2O2. The lowest BCUT2D eigenvalue weighted by molar-refractivity contribution is 0.247. The van der Waals surface area contributed by atoms with Crippen molar-refractivity contribution in [3.05, 3.63) is 58.1 Å². The Hall–Kier alpha value is -1.91. The predicted molar refractivity (Wildman–Crippen MR) is 92.5 cm³/mol. The average Bonchev–Trinajstić information content (AvgIpc) is 3.31. The van der Waals surface area contributed by atoms with Crippen LogP contribution in [0.2, 0.25) is 10.0 Å². The van der Waals surface area contributed by atoms with Gasteiger partial charge in [0.05, 0.1) is 23.4 Å². The van der Waals surface area contributed by atoms with E-state index in [0.29, 0.717) is 15.7 Å². The maximum Gasteiger partial charge on any atom is 0.319 e. The second-order valence-electron chi connectivity index (χ2n) is 5.51. The van der Waals surface area contributed by atoms with Crippen LogP contribution in [-0.4, -0.2) is 13.1 Å². The van der Waals surface area contributed by atoms with Crippen molar-refractivity contribution < 1.29 is 9.53 Å². The van der Waals surface area contributed by atoms with Gasteiger partial charge in [-0.25, -0.2) is 4.79 Å². The van der Waals surface area contributed by atoms with Gasteiger partial charge >= 0.3 is 6.03 Å². The first kappa shape index (κ1) is 16.0. The van der Waals surface area contributed by atoms with Crippen molar-refractivity contribution >= 4 is 34.9 Å². The summed E-state index contributed by atoms with van der Waals surface area (Å²) in [6.45, 7) is 0. The van der Waals surface area contributed by atoms with Crippen molar-refractivity contribution in [2.45, 2.75) is 18.4 Å². The molecule has 3 rings (SSSR count). The van der Waals surface area contributed by atoms with E-state index in [0.717, 1.165) is 24.2 Å². The summed E-state index contributed by atoms with van der Waals surface area (Å²) >= 11 is 11.9. The summed E-state index contributed by atoms with van der Waals surface area (Å²) in [6.07, 6.45) is 1.81. The number of hydrogen-bond donors (Lipinski definition) is 2. The summed E-state index contributed by atoms with van der Waals surface area (Å²) in [4.78, 5) is 12.3. The van der Waals surface area contributed by atoms with E-state index < -0.39 is 0 Å². The Kier molecular flexibility index (Phi) is 4.37. The first-order valence-corrected chi connectivity index (χ1v) is 7.97. The minimum absolute atomic E-state index is 0.289. The highest BCUT2D eigenvalue weighted by Gasteiger charge is 2.45. The molecule has 1 aliphatic rings. The highest BCUT2D eigenvalue weighted by Crippen LogP contribution is 2.45. The fourth-order valence-electron chi connectivity index (χ4n) is 2.48. The van der Waals surface area contributed by atoms with Gasteiger partial charge in [0.2, 0.25) is 0 Å². The molecule has 4 nitrogen and oxygen atoms in total. The maximum atomic E-state index is 12.3. The number of urea groups is 1. The third kappa shape index (κ3) is 3.54. The van der Waals surface area contributed by atoms with E-state index in [9.17, 15) is 4.79 Å². The van der Waals surface area contributed by atoms with Crippen LogP contribution in [0, 0.1) is 0 Å². The van der Waals surface area contributed by atoms with Crippen molar-refractivity contribution in [2.24, 2.45) is 0 Å². The first-order chi connectivity index (χ1) is 11.0. The SMILES string of the molecule is COc1ccc(C2(NC(=O)Nc3ccc(Cl)cc3Cl)CC2)cc1. The van der Waals surface area contributed by atoms with Crippen LogP contribution in [0.3, 0.4) is 0 Å². The van der Waals surface area contributed by atoms with Gasteiger partial charge in [-0.1, -0.05) is 35.3 Å². The lowest BCUT2D eigenvalue weighted by atomic mass is 10.1. The third-order valence-corrected chi connectivity index (χ3v) is 4.47. The topological polar surface area (TPSA) is 50.4 Å². The minimum Gasteiger partial charge on any atom is -0.497 e. The Balaban J connectivity index is 1.69. The monoisotopic (exact) mass is 350 g/mol. The molecule has 23 heavy (non-hydrogen) atoms. The van der Waals surface area contributed by atoms with E-state index in [1.165, 1.54) is 0 Å². The van der Waals surface area contributed by atoms with E-state index in [2.05, 4.69) is 10.6 Å². The number of carbonyl (C=O) groups is 1. The van der Waals surface area contributed by atoms with Crippen LogP contribution in [0.4, 0.5) is 10.5 Å². The summed E-state index contributed by atoms with van der Waals surface area (Å²) < 4.78 is 5.16. The van der Waals surface area contributed by atoms with Gasteiger partial charge in [-0.2, -0.15) is 0 Å². The summed E-state index contributed by atoms with van der Waals surface area (Å²) in [5, 5.41) is 6.72. The molecule has 0 radical (unpaired) electrons. The quantitative estimate of drug-likeness (QED) is 0.830. The van der Waals surface area contributed by atoms with Gasteiger partial charge in [0, 0.05) is 5.02 Å². The molecule has 6 heteroatoms. The molecule has 1 fully saturated rings. The second-order valence-corrected chi connectivity index (χ2v) is 6.36. The van der Waals surface area contributed by atoms with Gasteiger partial charge in [0.1, 0.15) is 5.75 Å². The minimum atomic E-state index is -0.310. The van der Waals surface area contributed by atoms with Crippen LogP contribution in [0.1, 0.15) is 18.4 Å². The molecule has 0 heterocycles. The molecule has 2 amide bonds. The lowest BCUT2D eigenvalue weighted by Crippen LogP contribution is -2.38. The molecule has 0 spiro atoms. The van der Waals surface area contributed by atoms with E-state index in [4.69, 9.17) is 27.9 Å². The zero-order valence-corrected chi connectivity index (χ0v) is 14.0. The van der Waals surface area contributed by atoms with Crippen LogP contribution in [0.5, 0.6) is 5.75 Å². The van der Waals surface area contributed by atoms with Crippen LogP contribution >= 0.6 is 23.2 Å². The first-order valence-electron chi connectivity index (χ1n) is 7.21. The van der Waals surface area contributed by atoms with Gasteiger partial charge in [0.25, 0.3) is 0 Å². The molecule has 1 aliphatic carbocycles. The normalized spacial score (nSPS) is 14.9. The molecule has 1 saturated carbocycles. The Bertz CT molecular complexity index is 728. The van der Waals surface area contributed by atoms with Crippen molar-refractivity contribution in [3.63, 3.8) is 0 Å². The molecule has 0 aliphatic heterocycles. The number of anilines is 1. The molecule has 2 aromatic rings. The molecule has 0 atom stereocenters. The van der Waals surface area contributed by atoms with Gasteiger partial charge in [-0.3, -0.25) is 0 Å². The van der Waals surface area contributed by atoms with Crippen LogP contribution < -0.4 is 15.4 Å². The van der Waals surface area contributed by atoms with Crippen molar-refractivity contribution in [3.8, 4) is 5.75 Å². The largest absolute Gasteiger partial charge is 0.497 e. The lowest BCUT2D eigenvalue weighted by Gasteiger charge is -2.19. The highest BCUT2D eigenvalue weighted by atomic mass is 35.5. The zero-order valence-electron chi connectivity index (χ0n) is 12.5. The molecule has 0 unspecified atom stereocenters. The Labute approximate surface area is 144 Å². The number of hydrogen-bond acceptors (Lipinski definition) is 2. The van der Waals surface area contributed by atoms with Crippen molar-refractivity contribution in [1.82, 2.24) is 5.32 Å². The smallest absolute Gasteiger partial charge is 0.319 e. The van der Waals surface area contributed by atoms with Crippen molar-refractivity contribution in [2.75, 3.05) is 12.4 Å². The van der Waals surface area contributed by atoms with Gasteiger partial charge in [-0.15, -0.1) is 0 Å². The zero-order chi connectivity index (χ0) is 16.4. The summed E-state index contributed by atoms with van der Waals surface area (Å²) in [7, 11) is 1.63. The number of nitrogens with one attached hydrogen (secondary N) is 2. The van der Waals surface area contributed by atoms with E-state index >= 15 is 0 Å². The number of benzene rings is 2. The molecular weight excluding hydrogens is 335 g/mol. The summed E-state index contributed by atoms with van der Waals surface area (Å²) in [6, 6.07) is 12.4. The molecule has 2 aromatic carbocycles. The standard InChI is InChI=1S/C17H16Cl2N2O2/c1-23-13-5-2-11(3-6-13)17(8-9-17)21-16(22)20-15-7-4-12(18)10-14(15)19/h2-7,10H,8-9H2,1H3,(H2,20,21,22). The molecule has 0 saturated heterocycles. The second kappa shape index (κ2) is 6.30. The summed E-state index contributed by atoms with van der Waals surface area (Å²) in [5.74, 6) is 0.793. The Morgan fingerprint density at radius 3 is 2.39 bits per heavy atom. The number of methoxy groups -OCH3 is 1. The Morgan fingerprint density at radius 2 is 1.83 bits per heavy atom. The van der Waals surface area contributed by atoms with Crippen LogP contribution in [0.25, 0.3) is 0 Å².